The van der Waals surface area contributed by atoms with E-state index in [1.54, 1.807) is 12.3 Å². The summed E-state index contributed by atoms with van der Waals surface area (Å²) in [5.74, 6) is 0.358. The fourth-order valence-corrected chi connectivity index (χ4v) is 2.15. The molecule has 0 saturated heterocycles. The molecule has 0 saturated carbocycles. The lowest BCUT2D eigenvalue weighted by Gasteiger charge is -2.09. The van der Waals surface area contributed by atoms with Crippen LogP contribution in [0, 0.1) is 5.92 Å². The highest BCUT2D eigenvalue weighted by Gasteiger charge is 2.08. The average Bonchev–Trinajstić information content (AvgIpc) is 2.51. The molecule has 0 unspecified atom stereocenters. The molecule has 122 valence electrons. The van der Waals surface area contributed by atoms with Crippen LogP contribution < -0.4 is 15.5 Å². The van der Waals surface area contributed by atoms with Gasteiger partial charge in [-0.05, 0) is 27.9 Å². The monoisotopic (exact) mass is 379 g/mol. The first-order valence-electron chi connectivity index (χ1n) is 7.19. The van der Waals surface area contributed by atoms with E-state index in [-0.39, 0.29) is 23.6 Å². The van der Waals surface area contributed by atoms with Gasteiger partial charge >= 0.3 is 0 Å². The van der Waals surface area contributed by atoms with Crippen LogP contribution in [0.4, 0.5) is 0 Å². The van der Waals surface area contributed by atoms with E-state index in [0.717, 1.165) is 4.47 Å². The number of H-pyrrole nitrogens is 1. The molecule has 0 bridgehead atoms. The largest absolute Gasteiger partial charge is 0.488 e. The van der Waals surface area contributed by atoms with Gasteiger partial charge in [-0.2, -0.15) is 0 Å². The van der Waals surface area contributed by atoms with Gasteiger partial charge in [-0.25, -0.2) is 0 Å². The molecule has 0 fully saturated rings. The molecule has 0 spiro atoms. The third-order valence-corrected chi connectivity index (χ3v) is 3.35. The molecule has 0 aliphatic rings. The van der Waals surface area contributed by atoms with Crippen molar-refractivity contribution in [3.8, 4) is 5.75 Å². The lowest BCUT2D eigenvalue weighted by molar-refractivity contribution is 0.0950. The summed E-state index contributed by atoms with van der Waals surface area (Å²) < 4.78 is 6.14. The molecule has 6 nitrogen and oxygen atoms in total. The van der Waals surface area contributed by atoms with Gasteiger partial charge in [0.2, 0.25) is 5.43 Å². The highest BCUT2D eigenvalue weighted by molar-refractivity contribution is 9.10. The summed E-state index contributed by atoms with van der Waals surface area (Å²) in [7, 11) is 0. The van der Waals surface area contributed by atoms with Gasteiger partial charge in [-0.3, -0.25) is 14.6 Å². The fraction of sp³-hybridized carbons (Fsp3) is 0.312. The van der Waals surface area contributed by atoms with E-state index in [4.69, 9.17) is 4.74 Å². The molecule has 2 rings (SSSR count). The highest BCUT2D eigenvalue weighted by atomic mass is 79.9. The first kappa shape index (κ1) is 17.2. The molecule has 0 aliphatic carbocycles. The van der Waals surface area contributed by atoms with Crippen molar-refractivity contribution in [2.24, 2.45) is 5.92 Å². The summed E-state index contributed by atoms with van der Waals surface area (Å²) in [6, 6.07) is 3.10. The number of aromatic nitrogens is 2. The third kappa shape index (κ3) is 5.21. The average molecular weight is 380 g/mol. The number of carbonyl (C=O) groups excluding carboxylic acids is 1. The molecule has 2 aromatic rings. The van der Waals surface area contributed by atoms with Crippen LogP contribution >= 0.6 is 15.9 Å². The second-order valence-electron chi connectivity index (χ2n) is 5.47. The number of carbonyl (C=O) groups is 1. The van der Waals surface area contributed by atoms with Gasteiger partial charge in [0.25, 0.3) is 5.91 Å². The van der Waals surface area contributed by atoms with E-state index in [1.807, 2.05) is 13.8 Å². The number of hydrogen-bond donors (Lipinski definition) is 2. The Morgan fingerprint density at radius 2 is 2.17 bits per heavy atom. The summed E-state index contributed by atoms with van der Waals surface area (Å²) in [4.78, 5) is 30.8. The first-order valence-corrected chi connectivity index (χ1v) is 7.98. The second kappa shape index (κ2) is 7.92. The minimum Gasteiger partial charge on any atom is -0.488 e. The third-order valence-electron chi connectivity index (χ3n) is 2.92. The van der Waals surface area contributed by atoms with Crippen LogP contribution in [0.1, 0.15) is 29.9 Å². The lowest BCUT2D eigenvalue weighted by atomic mass is 10.2. The predicted octanol–water partition coefficient (Wildman–Crippen LogP) is 2.50. The number of hydrogen-bond acceptors (Lipinski definition) is 4. The topological polar surface area (TPSA) is 84.1 Å². The van der Waals surface area contributed by atoms with Gasteiger partial charge in [0.05, 0.1) is 18.7 Å². The molecule has 0 atom stereocenters. The Balaban J connectivity index is 1.97. The Bertz CT molecular complexity index is 743. The Labute approximate surface area is 142 Å². The van der Waals surface area contributed by atoms with Crippen molar-refractivity contribution in [1.29, 1.82) is 0 Å². The zero-order chi connectivity index (χ0) is 16.8. The number of nitrogens with zero attached hydrogens (tertiary/aromatic N) is 1. The molecule has 7 heteroatoms. The summed E-state index contributed by atoms with van der Waals surface area (Å²) in [6.07, 6.45) is 4.60. The van der Waals surface area contributed by atoms with Crippen LogP contribution in [-0.4, -0.2) is 22.5 Å². The van der Waals surface area contributed by atoms with Gasteiger partial charge in [-0.15, -0.1) is 0 Å². The van der Waals surface area contributed by atoms with Gasteiger partial charge in [0, 0.05) is 34.8 Å². The number of rotatable bonds is 6. The Kier molecular flexibility index (Phi) is 5.92. The van der Waals surface area contributed by atoms with E-state index in [1.165, 1.54) is 18.5 Å². The van der Waals surface area contributed by atoms with Crippen LogP contribution in [-0.2, 0) is 6.54 Å². The predicted molar refractivity (Wildman–Crippen MR) is 90.5 cm³/mol. The molecular formula is C16H18BrN3O3. The van der Waals surface area contributed by atoms with Crippen LogP contribution in [0.25, 0.3) is 0 Å². The Morgan fingerprint density at radius 3 is 2.83 bits per heavy atom. The minimum atomic E-state index is -0.264. The van der Waals surface area contributed by atoms with Crippen molar-refractivity contribution in [2.45, 2.75) is 20.4 Å². The van der Waals surface area contributed by atoms with Gasteiger partial charge in [0.15, 0.2) is 5.75 Å². The minimum absolute atomic E-state index is 0.210. The number of amides is 1. The maximum atomic E-state index is 12.0. The van der Waals surface area contributed by atoms with Crippen molar-refractivity contribution >= 4 is 21.8 Å². The SMILES string of the molecule is CC(C)COc1c[nH]c(CNC(=O)c2cncc(Br)c2)cc1=O. The van der Waals surface area contributed by atoms with Crippen LogP contribution in [0.15, 0.2) is 40.0 Å². The first-order chi connectivity index (χ1) is 11.0. The van der Waals surface area contributed by atoms with E-state index < -0.39 is 0 Å². The lowest BCUT2D eigenvalue weighted by Crippen LogP contribution is -2.24. The number of nitrogens with one attached hydrogen (secondary N) is 2. The summed E-state index contributed by atoms with van der Waals surface area (Å²) in [6.45, 7) is 4.71. The van der Waals surface area contributed by atoms with E-state index in [0.29, 0.717) is 23.8 Å². The second-order valence-corrected chi connectivity index (χ2v) is 6.38. The molecule has 2 aromatic heterocycles. The maximum Gasteiger partial charge on any atom is 0.253 e. The van der Waals surface area contributed by atoms with Crippen molar-refractivity contribution in [3.63, 3.8) is 0 Å². The summed E-state index contributed by atoms with van der Waals surface area (Å²) in [5, 5.41) is 2.73. The molecule has 2 N–H and O–H groups in total. The van der Waals surface area contributed by atoms with E-state index in [2.05, 4.69) is 31.2 Å². The maximum absolute atomic E-state index is 12.0. The van der Waals surface area contributed by atoms with Crippen LogP contribution in [0.2, 0.25) is 0 Å². The van der Waals surface area contributed by atoms with Gasteiger partial charge in [0.1, 0.15) is 0 Å². The van der Waals surface area contributed by atoms with Crippen molar-refractivity contribution in [1.82, 2.24) is 15.3 Å². The van der Waals surface area contributed by atoms with Crippen LogP contribution in [0.5, 0.6) is 5.75 Å². The molecule has 0 aromatic carbocycles. The summed E-state index contributed by atoms with van der Waals surface area (Å²) in [5.41, 5.74) is 0.833. The number of ether oxygens (including phenoxy) is 1. The normalized spacial score (nSPS) is 10.6. The fourth-order valence-electron chi connectivity index (χ4n) is 1.79. The molecular weight excluding hydrogens is 362 g/mol. The molecule has 0 aliphatic heterocycles. The Hall–Kier alpha value is -2.15. The molecule has 0 radical (unpaired) electrons. The summed E-state index contributed by atoms with van der Waals surface area (Å²) >= 11 is 3.26. The number of pyridine rings is 2. The smallest absolute Gasteiger partial charge is 0.253 e. The molecule has 1 amide bonds. The molecule has 23 heavy (non-hydrogen) atoms. The van der Waals surface area contributed by atoms with Crippen LogP contribution in [0.3, 0.4) is 0 Å². The zero-order valence-corrected chi connectivity index (χ0v) is 14.5. The van der Waals surface area contributed by atoms with Crippen molar-refractivity contribution in [2.75, 3.05) is 6.61 Å². The highest BCUT2D eigenvalue weighted by Crippen LogP contribution is 2.09. The van der Waals surface area contributed by atoms with Gasteiger partial charge < -0.3 is 15.0 Å². The van der Waals surface area contributed by atoms with E-state index in [9.17, 15) is 9.59 Å². The standard InChI is InChI=1S/C16H18BrN3O3/c1-10(2)9-23-15-8-19-13(4-14(15)21)7-20-16(22)11-3-12(17)6-18-5-11/h3-6,8,10H,7,9H2,1-2H3,(H,19,21)(H,20,22). The number of aromatic amines is 1. The quantitative estimate of drug-likeness (QED) is 0.807. The number of halogens is 1. The Morgan fingerprint density at radius 1 is 1.39 bits per heavy atom. The van der Waals surface area contributed by atoms with E-state index >= 15 is 0 Å². The van der Waals surface area contributed by atoms with Crippen molar-refractivity contribution in [3.05, 3.63) is 56.7 Å². The van der Waals surface area contributed by atoms with Crippen molar-refractivity contribution < 1.29 is 9.53 Å². The molecule has 2 heterocycles. The zero-order valence-electron chi connectivity index (χ0n) is 12.9. The van der Waals surface area contributed by atoms with Gasteiger partial charge in [-0.1, -0.05) is 13.8 Å².